The number of piperidine rings is 1. The van der Waals surface area contributed by atoms with Crippen molar-refractivity contribution in [3.8, 4) is 5.75 Å². The van der Waals surface area contributed by atoms with E-state index in [1.165, 1.54) is 6.33 Å². The molecular formula is C19H21F2N5O. The number of aromatic nitrogens is 4. The summed E-state index contributed by atoms with van der Waals surface area (Å²) in [5.74, 6) is 1.17. The van der Waals surface area contributed by atoms with Gasteiger partial charge in [0.2, 0.25) is 0 Å². The predicted octanol–water partition coefficient (Wildman–Crippen LogP) is 3.41. The van der Waals surface area contributed by atoms with Crippen LogP contribution in [0.4, 0.5) is 8.78 Å². The molecule has 0 saturated carbocycles. The van der Waals surface area contributed by atoms with E-state index in [-0.39, 0.29) is 5.75 Å². The van der Waals surface area contributed by atoms with Crippen molar-refractivity contribution in [2.75, 3.05) is 13.1 Å². The summed E-state index contributed by atoms with van der Waals surface area (Å²) in [7, 11) is 0. The van der Waals surface area contributed by atoms with Gasteiger partial charge in [0, 0.05) is 24.7 Å². The first-order valence-electron chi connectivity index (χ1n) is 9.02. The highest BCUT2D eigenvalue weighted by Crippen LogP contribution is 2.28. The Bertz CT molecular complexity index is 912. The zero-order chi connectivity index (χ0) is 18.8. The molecule has 6 nitrogen and oxygen atoms in total. The van der Waals surface area contributed by atoms with Crippen LogP contribution in [0.3, 0.4) is 0 Å². The van der Waals surface area contributed by atoms with Crippen molar-refractivity contribution in [1.29, 1.82) is 0 Å². The van der Waals surface area contributed by atoms with Gasteiger partial charge in [-0.25, -0.2) is 9.50 Å². The number of rotatable bonds is 5. The van der Waals surface area contributed by atoms with Gasteiger partial charge < -0.3 is 4.74 Å². The zero-order valence-corrected chi connectivity index (χ0v) is 15.1. The van der Waals surface area contributed by atoms with Crippen LogP contribution in [0.5, 0.6) is 5.75 Å². The van der Waals surface area contributed by atoms with Crippen LogP contribution in [-0.2, 0) is 6.54 Å². The van der Waals surface area contributed by atoms with Gasteiger partial charge in [0.1, 0.15) is 12.1 Å². The fourth-order valence-electron chi connectivity index (χ4n) is 3.72. The van der Waals surface area contributed by atoms with Gasteiger partial charge >= 0.3 is 6.61 Å². The van der Waals surface area contributed by atoms with Crippen LogP contribution in [-0.4, -0.2) is 44.2 Å². The Morgan fingerprint density at radius 1 is 1.26 bits per heavy atom. The van der Waals surface area contributed by atoms with E-state index in [0.29, 0.717) is 11.7 Å². The molecule has 8 heteroatoms. The van der Waals surface area contributed by atoms with Crippen molar-refractivity contribution < 1.29 is 13.5 Å². The molecule has 1 fully saturated rings. The first kappa shape index (κ1) is 17.8. The average molecular weight is 373 g/mol. The quantitative estimate of drug-likeness (QED) is 0.686. The Kier molecular flexibility index (Phi) is 4.98. The number of halogens is 2. The molecule has 0 spiro atoms. The van der Waals surface area contributed by atoms with Crippen LogP contribution in [0.1, 0.15) is 35.7 Å². The Morgan fingerprint density at radius 3 is 2.85 bits per heavy atom. The summed E-state index contributed by atoms with van der Waals surface area (Å²) >= 11 is 0. The van der Waals surface area contributed by atoms with Gasteiger partial charge in [0.05, 0.1) is 5.69 Å². The minimum atomic E-state index is -2.80. The van der Waals surface area contributed by atoms with E-state index < -0.39 is 6.61 Å². The Labute approximate surface area is 155 Å². The molecule has 0 amide bonds. The lowest BCUT2D eigenvalue weighted by Crippen LogP contribution is -2.34. The van der Waals surface area contributed by atoms with E-state index in [1.807, 2.05) is 23.6 Å². The lowest BCUT2D eigenvalue weighted by molar-refractivity contribution is -0.0498. The summed E-state index contributed by atoms with van der Waals surface area (Å²) in [5.41, 5.74) is 3.16. The molecule has 2 aromatic heterocycles. The van der Waals surface area contributed by atoms with E-state index in [1.54, 1.807) is 12.1 Å². The van der Waals surface area contributed by atoms with Gasteiger partial charge in [0.15, 0.2) is 0 Å². The summed E-state index contributed by atoms with van der Waals surface area (Å²) in [6, 6.07) is 8.95. The molecule has 142 valence electrons. The fourth-order valence-corrected chi connectivity index (χ4v) is 3.72. The van der Waals surface area contributed by atoms with Gasteiger partial charge in [-0.2, -0.15) is 18.9 Å². The summed E-state index contributed by atoms with van der Waals surface area (Å²) in [5, 5.41) is 4.33. The van der Waals surface area contributed by atoms with Crippen molar-refractivity contribution in [2.45, 2.75) is 38.8 Å². The number of fused-ring (bicyclic) bond motifs is 1. The normalized spacial score (nSPS) is 18.3. The molecule has 3 heterocycles. The molecule has 1 unspecified atom stereocenters. The number of ether oxygens (including phenoxy) is 1. The molecule has 1 aromatic carbocycles. The van der Waals surface area contributed by atoms with Crippen LogP contribution in [0.15, 0.2) is 36.7 Å². The van der Waals surface area contributed by atoms with E-state index in [4.69, 9.17) is 0 Å². The fraction of sp³-hybridized carbons (Fsp3) is 0.421. The maximum Gasteiger partial charge on any atom is 0.387 e. The predicted molar refractivity (Wildman–Crippen MR) is 95.8 cm³/mol. The highest BCUT2D eigenvalue weighted by Gasteiger charge is 2.24. The standard InChI is InChI=1S/C19H21F2N5O/c1-13-9-17(26-19(24-13)22-12-23-26)15-3-2-8-25(11-15)10-14-4-6-16(7-5-14)27-18(20)21/h4-7,9,12,15,18H,2-3,8,10-11H2,1H3. The molecule has 4 rings (SSSR count). The van der Waals surface area contributed by atoms with E-state index in [9.17, 15) is 8.78 Å². The van der Waals surface area contributed by atoms with Crippen molar-refractivity contribution in [3.63, 3.8) is 0 Å². The van der Waals surface area contributed by atoms with Crippen molar-refractivity contribution in [3.05, 3.63) is 53.6 Å². The minimum Gasteiger partial charge on any atom is -0.435 e. The Morgan fingerprint density at radius 2 is 2.07 bits per heavy atom. The number of alkyl halides is 2. The second kappa shape index (κ2) is 7.56. The first-order valence-corrected chi connectivity index (χ1v) is 9.02. The second-order valence-corrected chi connectivity index (χ2v) is 6.89. The number of benzene rings is 1. The molecule has 0 N–H and O–H groups in total. The Balaban J connectivity index is 1.47. The smallest absolute Gasteiger partial charge is 0.387 e. The lowest BCUT2D eigenvalue weighted by atomic mass is 9.93. The van der Waals surface area contributed by atoms with Crippen LogP contribution < -0.4 is 4.74 Å². The van der Waals surface area contributed by atoms with Gasteiger partial charge in [-0.3, -0.25) is 4.90 Å². The highest BCUT2D eigenvalue weighted by molar-refractivity contribution is 5.32. The third-order valence-corrected chi connectivity index (χ3v) is 4.89. The Hall–Kier alpha value is -2.61. The van der Waals surface area contributed by atoms with Crippen LogP contribution in [0, 0.1) is 6.92 Å². The number of hydrogen-bond acceptors (Lipinski definition) is 5. The summed E-state index contributed by atoms with van der Waals surface area (Å²) in [6.07, 6.45) is 3.72. The zero-order valence-electron chi connectivity index (χ0n) is 15.1. The van der Waals surface area contributed by atoms with Crippen molar-refractivity contribution in [1.82, 2.24) is 24.5 Å². The van der Waals surface area contributed by atoms with Crippen molar-refractivity contribution >= 4 is 5.78 Å². The third-order valence-electron chi connectivity index (χ3n) is 4.89. The van der Waals surface area contributed by atoms with E-state index in [2.05, 4.69) is 30.8 Å². The number of likely N-dealkylation sites (tertiary alicyclic amines) is 1. The first-order chi connectivity index (χ1) is 13.1. The molecule has 1 saturated heterocycles. The summed E-state index contributed by atoms with van der Waals surface area (Å²) in [6.45, 7) is 1.87. The van der Waals surface area contributed by atoms with Gasteiger partial charge in [-0.15, -0.1) is 0 Å². The van der Waals surface area contributed by atoms with Crippen LogP contribution >= 0.6 is 0 Å². The van der Waals surface area contributed by atoms with Gasteiger partial charge in [-0.1, -0.05) is 12.1 Å². The third kappa shape index (κ3) is 4.05. The summed E-state index contributed by atoms with van der Waals surface area (Å²) in [4.78, 5) is 11.0. The number of aryl methyl sites for hydroxylation is 1. The molecule has 1 aliphatic rings. The van der Waals surface area contributed by atoms with Crippen molar-refractivity contribution in [2.24, 2.45) is 0 Å². The lowest BCUT2D eigenvalue weighted by Gasteiger charge is -2.33. The minimum absolute atomic E-state index is 0.186. The SMILES string of the molecule is Cc1cc(C2CCCN(Cc3ccc(OC(F)F)cc3)C2)n2ncnc2n1. The number of nitrogens with zero attached hydrogens (tertiary/aromatic N) is 5. The van der Waals surface area contributed by atoms with E-state index in [0.717, 1.165) is 49.4 Å². The largest absolute Gasteiger partial charge is 0.435 e. The molecular weight excluding hydrogens is 352 g/mol. The van der Waals surface area contributed by atoms with Gasteiger partial charge in [-0.05, 0) is 50.1 Å². The second-order valence-electron chi connectivity index (χ2n) is 6.89. The molecule has 0 radical (unpaired) electrons. The van der Waals surface area contributed by atoms with E-state index >= 15 is 0 Å². The van der Waals surface area contributed by atoms with Crippen LogP contribution in [0.2, 0.25) is 0 Å². The number of hydrogen-bond donors (Lipinski definition) is 0. The monoisotopic (exact) mass is 373 g/mol. The van der Waals surface area contributed by atoms with Gasteiger partial charge in [0.25, 0.3) is 5.78 Å². The summed E-state index contributed by atoms with van der Waals surface area (Å²) < 4.78 is 30.8. The maximum atomic E-state index is 12.3. The maximum absolute atomic E-state index is 12.3. The average Bonchev–Trinajstić information content (AvgIpc) is 3.11. The van der Waals surface area contributed by atoms with Crippen LogP contribution in [0.25, 0.3) is 5.78 Å². The molecule has 1 atom stereocenters. The molecule has 0 bridgehead atoms. The molecule has 27 heavy (non-hydrogen) atoms. The molecule has 0 aliphatic carbocycles. The molecule has 1 aliphatic heterocycles. The topological polar surface area (TPSA) is 55.6 Å². The highest BCUT2D eigenvalue weighted by atomic mass is 19.3. The molecule has 3 aromatic rings.